The number of anilines is 2. The number of nitrogen functional groups attached to an aromatic ring is 1. The van der Waals surface area contributed by atoms with Gasteiger partial charge in [-0.25, -0.2) is 0 Å². The lowest BCUT2D eigenvalue weighted by Crippen LogP contribution is -2.44. The number of nitrogens with two attached hydrogens (primary N) is 1. The van der Waals surface area contributed by atoms with Crippen molar-refractivity contribution in [3.63, 3.8) is 0 Å². The monoisotopic (exact) mass is 309 g/mol. The number of likely N-dealkylation sites (tertiary alicyclic amines) is 1. The van der Waals surface area contributed by atoms with Crippen LogP contribution in [0.2, 0.25) is 5.02 Å². The zero-order chi connectivity index (χ0) is 15.4. The van der Waals surface area contributed by atoms with E-state index in [9.17, 15) is 4.79 Å². The molecule has 21 heavy (non-hydrogen) atoms. The second-order valence-electron chi connectivity index (χ2n) is 5.90. The molecule has 4 nitrogen and oxygen atoms in total. The average molecular weight is 310 g/mol. The fraction of sp³-hybridized carbons (Fsp3) is 0.562. The van der Waals surface area contributed by atoms with E-state index < -0.39 is 0 Å². The highest BCUT2D eigenvalue weighted by Crippen LogP contribution is 2.25. The lowest BCUT2D eigenvalue weighted by molar-refractivity contribution is -0.116. The summed E-state index contributed by atoms with van der Waals surface area (Å²) in [5.41, 5.74) is 6.85. The van der Waals surface area contributed by atoms with E-state index in [0.29, 0.717) is 34.9 Å². The summed E-state index contributed by atoms with van der Waals surface area (Å²) >= 11 is 6.06. The largest absolute Gasteiger partial charge is 0.399 e. The van der Waals surface area contributed by atoms with Crippen LogP contribution in [0, 0.1) is 0 Å². The number of benzene rings is 1. The molecule has 5 heteroatoms. The Morgan fingerprint density at radius 1 is 1.38 bits per heavy atom. The van der Waals surface area contributed by atoms with E-state index in [-0.39, 0.29) is 5.91 Å². The summed E-state index contributed by atoms with van der Waals surface area (Å²) in [4.78, 5) is 14.5. The maximum atomic E-state index is 12.1. The maximum Gasteiger partial charge on any atom is 0.225 e. The molecular weight excluding hydrogens is 286 g/mol. The van der Waals surface area contributed by atoms with Gasteiger partial charge in [0.05, 0.1) is 10.7 Å². The van der Waals surface area contributed by atoms with E-state index in [1.165, 1.54) is 19.3 Å². The molecular formula is C16H24ClN3O. The standard InChI is InChI=1S/C16H24ClN3O/c1-11-4-3-5-12(2)20(11)9-8-16(21)19-15-7-6-13(18)10-14(15)17/h6-7,10-12H,3-5,8-9,18H2,1-2H3,(H,19,21). The third-order valence-corrected chi connectivity index (χ3v) is 4.55. The minimum absolute atomic E-state index is 0.00774. The molecule has 0 saturated carbocycles. The Balaban J connectivity index is 1.87. The Morgan fingerprint density at radius 2 is 2.05 bits per heavy atom. The number of carbonyl (C=O) groups is 1. The summed E-state index contributed by atoms with van der Waals surface area (Å²) in [6.45, 7) is 5.27. The lowest BCUT2D eigenvalue weighted by Gasteiger charge is -2.38. The Kier molecular flexibility index (Phi) is 5.48. The number of nitrogens with one attached hydrogen (secondary N) is 1. The number of rotatable bonds is 4. The van der Waals surface area contributed by atoms with E-state index in [2.05, 4.69) is 24.1 Å². The van der Waals surface area contributed by atoms with Gasteiger partial charge in [0.2, 0.25) is 5.91 Å². The van der Waals surface area contributed by atoms with Crippen LogP contribution in [0.15, 0.2) is 18.2 Å². The van der Waals surface area contributed by atoms with Crippen molar-refractivity contribution in [2.45, 2.75) is 51.6 Å². The molecule has 0 aliphatic carbocycles. The summed E-state index contributed by atoms with van der Waals surface area (Å²) in [6.07, 6.45) is 4.20. The molecule has 0 bridgehead atoms. The highest BCUT2D eigenvalue weighted by atomic mass is 35.5. The smallest absolute Gasteiger partial charge is 0.225 e. The van der Waals surface area contributed by atoms with Crippen LogP contribution in [0.4, 0.5) is 11.4 Å². The minimum Gasteiger partial charge on any atom is -0.399 e. The summed E-state index contributed by atoms with van der Waals surface area (Å²) < 4.78 is 0. The molecule has 2 atom stereocenters. The molecule has 1 heterocycles. The van der Waals surface area contributed by atoms with E-state index in [1.54, 1.807) is 18.2 Å². The van der Waals surface area contributed by atoms with Gasteiger partial charge in [-0.15, -0.1) is 0 Å². The first kappa shape index (κ1) is 16.1. The number of halogens is 1. The van der Waals surface area contributed by atoms with Crippen LogP contribution in [0.1, 0.15) is 39.5 Å². The van der Waals surface area contributed by atoms with E-state index in [0.717, 1.165) is 6.54 Å². The Morgan fingerprint density at radius 3 is 2.67 bits per heavy atom. The SMILES string of the molecule is CC1CCCC(C)N1CCC(=O)Nc1ccc(N)cc1Cl. The van der Waals surface area contributed by atoms with E-state index in [1.807, 2.05) is 0 Å². The topological polar surface area (TPSA) is 58.4 Å². The molecule has 1 aliphatic rings. The summed E-state index contributed by atoms with van der Waals surface area (Å²) in [5.74, 6) is -0.00774. The van der Waals surface area contributed by atoms with Crippen LogP contribution in [0.5, 0.6) is 0 Å². The fourth-order valence-corrected chi connectivity index (χ4v) is 3.23. The first-order valence-electron chi connectivity index (χ1n) is 7.58. The molecule has 1 aromatic carbocycles. The molecule has 1 aromatic rings. The number of hydrogen-bond donors (Lipinski definition) is 2. The van der Waals surface area contributed by atoms with Gasteiger partial charge in [0.1, 0.15) is 0 Å². The van der Waals surface area contributed by atoms with Crippen molar-refractivity contribution in [2.24, 2.45) is 0 Å². The second kappa shape index (κ2) is 7.14. The maximum absolute atomic E-state index is 12.1. The van der Waals surface area contributed by atoms with Crippen molar-refractivity contribution in [1.82, 2.24) is 4.90 Å². The van der Waals surface area contributed by atoms with Crippen molar-refractivity contribution in [2.75, 3.05) is 17.6 Å². The zero-order valence-electron chi connectivity index (χ0n) is 12.7. The second-order valence-corrected chi connectivity index (χ2v) is 6.31. The minimum atomic E-state index is -0.00774. The van der Waals surface area contributed by atoms with E-state index in [4.69, 9.17) is 17.3 Å². The third-order valence-electron chi connectivity index (χ3n) is 4.24. The van der Waals surface area contributed by atoms with E-state index >= 15 is 0 Å². The molecule has 1 fully saturated rings. The number of piperidine rings is 1. The van der Waals surface area contributed by atoms with Gasteiger partial charge in [-0.1, -0.05) is 18.0 Å². The summed E-state index contributed by atoms with van der Waals surface area (Å²) in [5, 5.41) is 3.33. The highest BCUT2D eigenvalue weighted by Gasteiger charge is 2.24. The first-order valence-corrected chi connectivity index (χ1v) is 7.96. The molecule has 1 amide bonds. The fourth-order valence-electron chi connectivity index (χ4n) is 2.99. The predicted molar refractivity (Wildman–Crippen MR) is 88.6 cm³/mol. The molecule has 1 aliphatic heterocycles. The summed E-state index contributed by atoms with van der Waals surface area (Å²) in [7, 11) is 0. The Bertz CT molecular complexity index is 496. The Labute approximate surface area is 131 Å². The zero-order valence-corrected chi connectivity index (χ0v) is 13.5. The molecule has 0 spiro atoms. The van der Waals surface area contributed by atoms with Crippen molar-refractivity contribution < 1.29 is 4.79 Å². The molecule has 116 valence electrons. The normalized spacial score (nSPS) is 23.0. The average Bonchev–Trinajstić information content (AvgIpc) is 2.41. The molecule has 1 saturated heterocycles. The molecule has 2 rings (SSSR count). The van der Waals surface area contributed by atoms with Gasteiger partial charge in [0.15, 0.2) is 0 Å². The lowest BCUT2D eigenvalue weighted by atomic mass is 9.97. The van der Waals surface area contributed by atoms with Crippen LogP contribution in [0.3, 0.4) is 0 Å². The quantitative estimate of drug-likeness (QED) is 0.837. The molecule has 0 aromatic heterocycles. The van der Waals surface area contributed by atoms with Crippen LogP contribution in [-0.2, 0) is 4.79 Å². The van der Waals surface area contributed by atoms with Crippen LogP contribution in [-0.4, -0.2) is 29.4 Å². The van der Waals surface area contributed by atoms with Gasteiger partial charge in [0, 0.05) is 30.7 Å². The van der Waals surface area contributed by atoms with Crippen molar-refractivity contribution in [3.05, 3.63) is 23.2 Å². The predicted octanol–water partition coefficient (Wildman–Crippen LogP) is 3.51. The number of hydrogen-bond acceptors (Lipinski definition) is 3. The van der Waals surface area contributed by atoms with Crippen molar-refractivity contribution in [1.29, 1.82) is 0 Å². The van der Waals surface area contributed by atoms with Crippen molar-refractivity contribution >= 4 is 28.9 Å². The van der Waals surface area contributed by atoms with Crippen molar-refractivity contribution in [3.8, 4) is 0 Å². The van der Waals surface area contributed by atoms with Gasteiger partial charge < -0.3 is 11.1 Å². The highest BCUT2D eigenvalue weighted by molar-refractivity contribution is 6.34. The van der Waals surface area contributed by atoms with Crippen LogP contribution >= 0.6 is 11.6 Å². The molecule has 0 radical (unpaired) electrons. The molecule has 3 N–H and O–H groups in total. The summed E-state index contributed by atoms with van der Waals surface area (Å²) in [6, 6.07) is 6.23. The number of carbonyl (C=O) groups excluding carboxylic acids is 1. The van der Waals surface area contributed by atoms with Gasteiger partial charge in [0.25, 0.3) is 0 Å². The van der Waals surface area contributed by atoms with Gasteiger partial charge in [-0.2, -0.15) is 0 Å². The number of nitrogens with zero attached hydrogens (tertiary/aromatic N) is 1. The third kappa shape index (κ3) is 4.35. The van der Waals surface area contributed by atoms with Crippen LogP contribution in [0.25, 0.3) is 0 Å². The van der Waals surface area contributed by atoms with Gasteiger partial charge >= 0.3 is 0 Å². The van der Waals surface area contributed by atoms with Gasteiger partial charge in [-0.3, -0.25) is 9.69 Å². The Hall–Kier alpha value is -1.26. The molecule has 2 unspecified atom stereocenters. The first-order chi connectivity index (χ1) is 9.97. The van der Waals surface area contributed by atoms with Crippen LogP contribution < -0.4 is 11.1 Å². The van der Waals surface area contributed by atoms with Gasteiger partial charge in [-0.05, 0) is 44.9 Å². The number of amides is 1.